The largest absolute Gasteiger partial charge is 0.360 e. The van der Waals surface area contributed by atoms with E-state index in [-0.39, 0.29) is 24.0 Å². The summed E-state index contributed by atoms with van der Waals surface area (Å²) in [6.07, 6.45) is 5.38. The molecule has 9 nitrogen and oxygen atoms in total. The molecule has 0 radical (unpaired) electrons. The number of ketones is 1. The molecule has 0 bridgehead atoms. The zero-order valence-corrected chi connectivity index (χ0v) is 18.2. The van der Waals surface area contributed by atoms with Crippen LogP contribution in [0.4, 0.5) is 11.5 Å². The van der Waals surface area contributed by atoms with E-state index in [1.54, 1.807) is 0 Å². The highest BCUT2D eigenvalue weighted by atomic mass is 16.5. The summed E-state index contributed by atoms with van der Waals surface area (Å²) in [5.74, 6) is 1.26. The van der Waals surface area contributed by atoms with Crippen molar-refractivity contribution in [1.29, 1.82) is 0 Å². The first-order chi connectivity index (χ1) is 16.0. The summed E-state index contributed by atoms with van der Waals surface area (Å²) in [4.78, 5) is 42.4. The van der Waals surface area contributed by atoms with Crippen molar-refractivity contribution in [3.05, 3.63) is 58.6 Å². The molecule has 3 aliphatic rings. The molecule has 1 N–H and O–H groups in total. The first-order valence-electron chi connectivity index (χ1n) is 11.3. The number of hydrogen-bond donors (Lipinski definition) is 1. The Morgan fingerprint density at radius 1 is 1.24 bits per heavy atom. The quantitative estimate of drug-likeness (QED) is 0.578. The first kappa shape index (κ1) is 19.9. The summed E-state index contributed by atoms with van der Waals surface area (Å²) >= 11 is 0. The fraction of sp³-hybridized carbons (Fsp3) is 0.375. The van der Waals surface area contributed by atoms with Crippen LogP contribution in [0.1, 0.15) is 83.3 Å². The van der Waals surface area contributed by atoms with Crippen LogP contribution in [0.15, 0.2) is 34.0 Å². The number of aromatic nitrogens is 4. The minimum absolute atomic E-state index is 0.0990. The monoisotopic (exact) mass is 442 g/mol. The van der Waals surface area contributed by atoms with Gasteiger partial charge < -0.3 is 9.84 Å². The van der Waals surface area contributed by atoms with Crippen molar-refractivity contribution in [2.45, 2.75) is 57.3 Å². The Labute approximate surface area is 189 Å². The van der Waals surface area contributed by atoms with E-state index >= 15 is 0 Å². The minimum Gasteiger partial charge on any atom is -0.360 e. The lowest BCUT2D eigenvalue weighted by molar-refractivity contribution is -0.116. The molecule has 0 aromatic carbocycles. The van der Waals surface area contributed by atoms with Gasteiger partial charge in [0.1, 0.15) is 29.3 Å². The maximum Gasteiger partial charge on any atom is 0.225 e. The van der Waals surface area contributed by atoms with Crippen LogP contribution >= 0.6 is 0 Å². The van der Waals surface area contributed by atoms with Crippen molar-refractivity contribution in [2.75, 3.05) is 5.32 Å². The molecule has 1 atom stereocenters. The minimum atomic E-state index is -0.188. The number of Topliss-reactive ketones (excluding diaryl/α,β-unsaturated/α-hetero) is 1. The molecule has 0 saturated heterocycles. The summed E-state index contributed by atoms with van der Waals surface area (Å²) in [5, 5.41) is 6.92. The molecule has 1 fully saturated rings. The van der Waals surface area contributed by atoms with Crippen molar-refractivity contribution in [2.24, 2.45) is 4.99 Å². The predicted molar refractivity (Wildman–Crippen MR) is 119 cm³/mol. The molecule has 1 amide bonds. The summed E-state index contributed by atoms with van der Waals surface area (Å²) in [5.41, 5.74) is 5.61. The fourth-order valence-electron chi connectivity index (χ4n) is 4.40. The van der Waals surface area contributed by atoms with Crippen molar-refractivity contribution in [3.8, 4) is 0 Å². The normalized spacial score (nSPS) is 17.7. The Bertz CT molecular complexity index is 1320. The van der Waals surface area contributed by atoms with Gasteiger partial charge in [0.2, 0.25) is 5.91 Å². The van der Waals surface area contributed by atoms with E-state index in [0.29, 0.717) is 53.7 Å². The van der Waals surface area contributed by atoms with Crippen LogP contribution in [0.2, 0.25) is 0 Å². The molecule has 1 aliphatic carbocycles. The molecule has 0 spiro atoms. The van der Waals surface area contributed by atoms with Crippen molar-refractivity contribution in [1.82, 2.24) is 20.1 Å². The zero-order chi connectivity index (χ0) is 22.5. The highest BCUT2D eigenvalue weighted by Gasteiger charge is 2.29. The lowest BCUT2D eigenvalue weighted by atomic mass is 9.95. The summed E-state index contributed by atoms with van der Waals surface area (Å²) < 4.78 is 5.58. The molecule has 0 unspecified atom stereocenters. The second kappa shape index (κ2) is 7.68. The van der Waals surface area contributed by atoms with Crippen LogP contribution < -0.4 is 5.32 Å². The lowest BCUT2D eigenvalue weighted by Gasteiger charge is -2.17. The maximum absolute atomic E-state index is 13.0. The Morgan fingerprint density at radius 2 is 2.12 bits per heavy atom. The van der Waals surface area contributed by atoms with E-state index in [2.05, 4.69) is 26.5 Å². The SMILES string of the molecule is C[C@@H](CC(=O)c1ncnc2c1CCC(=O)N2)c1cc(C2=Nc3ccc(C4CC4)nc3C2)no1. The van der Waals surface area contributed by atoms with Gasteiger partial charge in [-0.2, -0.15) is 0 Å². The summed E-state index contributed by atoms with van der Waals surface area (Å²) in [6.45, 7) is 1.92. The number of pyridine rings is 1. The molecule has 9 heteroatoms. The molecular weight excluding hydrogens is 420 g/mol. The number of nitrogens with zero attached hydrogens (tertiary/aromatic N) is 5. The van der Waals surface area contributed by atoms with E-state index in [1.807, 2.05) is 19.1 Å². The number of fused-ring (bicyclic) bond motifs is 2. The molecule has 1 saturated carbocycles. The first-order valence-corrected chi connectivity index (χ1v) is 11.3. The van der Waals surface area contributed by atoms with Gasteiger partial charge >= 0.3 is 0 Å². The Kier molecular flexibility index (Phi) is 4.63. The van der Waals surface area contributed by atoms with E-state index in [1.165, 1.54) is 19.2 Å². The maximum atomic E-state index is 13.0. The Balaban J connectivity index is 1.16. The van der Waals surface area contributed by atoms with Crippen molar-refractivity contribution >= 4 is 28.9 Å². The van der Waals surface area contributed by atoms with Gasteiger partial charge in [-0.05, 0) is 31.4 Å². The molecule has 3 aromatic rings. The standard InChI is InChI=1S/C24H22N6O3/c1-12(8-20(31)23-14-4-7-22(32)29-24(14)26-11-25-23)21-10-19(30-33-21)18-9-17-16(28-18)6-5-15(27-17)13-2-3-13/h5-6,10-13H,2-4,7-9H2,1H3,(H,25,26,29,32)/t12-/m0/s1. The average molecular weight is 442 g/mol. The van der Waals surface area contributed by atoms with Gasteiger partial charge in [-0.25, -0.2) is 15.0 Å². The van der Waals surface area contributed by atoms with E-state index in [4.69, 9.17) is 14.5 Å². The number of amides is 1. The number of carbonyl (C=O) groups is 2. The topological polar surface area (TPSA) is 123 Å². The third-order valence-electron chi connectivity index (χ3n) is 6.43. The van der Waals surface area contributed by atoms with Crippen LogP contribution in [-0.4, -0.2) is 37.5 Å². The molecule has 5 heterocycles. The van der Waals surface area contributed by atoms with Gasteiger partial charge in [0.25, 0.3) is 0 Å². The number of rotatable bonds is 6. The molecule has 166 valence electrons. The second-order valence-electron chi connectivity index (χ2n) is 8.95. The zero-order valence-electron chi connectivity index (χ0n) is 18.2. The van der Waals surface area contributed by atoms with Crippen molar-refractivity contribution in [3.63, 3.8) is 0 Å². The van der Waals surface area contributed by atoms with Gasteiger partial charge in [-0.3, -0.25) is 14.6 Å². The van der Waals surface area contributed by atoms with Crippen LogP contribution in [0.25, 0.3) is 0 Å². The van der Waals surface area contributed by atoms with Gasteiger partial charge in [0.05, 0.1) is 17.1 Å². The summed E-state index contributed by atoms with van der Waals surface area (Å²) in [7, 11) is 0. The number of aliphatic imine (C=N–C) groups is 1. The summed E-state index contributed by atoms with van der Waals surface area (Å²) in [6, 6.07) is 5.97. The molecule has 6 rings (SSSR count). The smallest absolute Gasteiger partial charge is 0.225 e. The second-order valence-corrected chi connectivity index (χ2v) is 8.95. The number of anilines is 1. The van der Waals surface area contributed by atoms with E-state index in [9.17, 15) is 9.59 Å². The molecular formula is C24H22N6O3. The Hall–Kier alpha value is -3.75. The van der Waals surface area contributed by atoms with Crippen LogP contribution in [0, 0.1) is 0 Å². The third-order valence-corrected chi connectivity index (χ3v) is 6.43. The average Bonchev–Trinajstić information content (AvgIpc) is 3.38. The fourth-order valence-corrected chi connectivity index (χ4v) is 4.40. The van der Waals surface area contributed by atoms with Crippen molar-refractivity contribution < 1.29 is 14.1 Å². The van der Waals surface area contributed by atoms with Crippen LogP contribution in [-0.2, 0) is 17.6 Å². The van der Waals surface area contributed by atoms with Crippen LogP contribution in [0.3, 0.4) is 0 Å². The lowest BCUT2D eigenvalue weighted by Crippen LogP contribution is -2.23. The van der Waals surface area contributed by atoms with E-state index in [0.717, 1.165) is 22.8 Å². The number of carbonyl (C=O) groups excluding carboxylic acids is 2. The molecule has 33 heavy (non-hydrogen) atoms. The van der Waals surface area contributed by atoms with Gasteiger partial charge in [-0.15, -0.1) is 0 Å². The highest BCUT2D eigenvalue weighted by molar-refractivity contribution is 6.05. The van der Waals surface area contributed by atoms with Gasteiger partial charge in [-0.1, -0.05) is 12.1 Å². The van der Waals surface area contributed by atoms with Gasteiger partial charge in [0.15, 0.2) is 5.78 Å². The predicted octanol–water partition coefficient (Wildman–Crippen LogP) is 3.68. The number of hydrogen-bond acceptors (Lipinski definition) is 8. The highest BCUT2D eigenvalue weighted by Crippen LogP contribution is 2.40. The molecule has 3 aromatic heterocycles. The van der Waals surface area contributed by atoms with Gasteiger partial charge in [0, 0.05) is 48.4 Å². The van der Waals surface area contributed by atoms with Crippen LogP contribution in [0.5, 0.6) is 0 Å². The molecule has 2 aliphatic heterocycles. The number of nitrogens with one attached hydrogen (secondary N) is 1. The Morgan fingerprint density at radius 3 is 2.97 bits per heavy atom. The van der Waals surface area contributed by atoms with E-state index < -0.39 is 0 Å². The third kappa shape index (κ3) is 3.73.